The van der Waals surface area contributed by atoms with E-state index in [1.807, 2.05) is 0 Å². The highest BCUT2D eigenvalue weighted by Gasteiger charge is 2.15. The van der Waals surface area contributed by atoms with Crippen LogP contribution in [0.4, 0.5) is 5.69 Å². The van der Waals surface area contributed by atoms with Gasteiger partial charge in [0.2, 0.25) is 0 Å². The first-order valence-corrected chi connectivity index (χ1v) is 6.45. The topological polar surface area (TPSA) is 64.4 Å². The number of amides is 1. The van der Waals surface area contributed by atoms with Crippen LogP contribution in [-0.4, -0.2) is 25.7 Å². The molecule has 1 heterocycles. The van der Waals surface area contributed by atoms with Gasteiger partial charge in [-0.25, -0.2) is 0 Å². The number of anilines is 1. The molecule has 2 rings (SSSR count). The fraction of sp³-hybridized carbons (Fsp3) is 0.462. The SMILES string of the molecule is Nc1cc(Cl)cc(C(=O)NCC2CCOCC2)c1. The van der Waals surface area contributed by atoms with Crippen molar-refractivity contribution in [2.75, 3.05) is 25.5 Å². The van der Waals surface area contributed by atoms with E-state index < -0.39 is 0 Å². The predicted octanol–water partition coefficient (Wildman–Crippen LogP) is 2.08. The highest BCUT2D eigenvalue weighted by Crippen LogP contribution is 2.17. The van der Waals surface area contributed by atoms with Gasteiger partial charge in [-0.05, 0) is 37.0 Å². The molecular formula is C13H17ClN2O2. The molecule has 0 aliphatic carbocycles. The van der Waals surface area contributed by atoms with Gasteiger partial charge in [-0.3, -0.25) is 4.79 Å². The van der Waals surface area contributed by atoms with Gasteiger partial charge in [-0.15, -0.1) is 0 Å². The van der Waals surface area contributed by atoms with Crippen LogP contribution in [0.3, 0.4) is 0 Å². The van der Waals surface area contributed by atoms with Gasteiger partial charge in [-0.1, -0.05) is 11.6 Å². The molecule has 0 aromatic heterocycles. The highest BCUT2D eigenvalue weighted by atomic mass is 35.5. The third kappa shape index (κ3) is 3.62. The molecule has 0 atom stereocenters. The Balaban J connectivity index is 1.90. The van der Waals surface area contributed by atoms with E-state index in [2.05, 4.69) is 5.32 Å². The van der Waals surface area contributed by atoms with Gasteiger partial charge in [0.1, 0.15) is 0 Å². The highest BCUT2D eigenvalue weighted by molar-refractivity contribution is 6.31. The molecule has 1 aliphatic rings. The van der Waals surface area contributed by atoms with E-state index in [9.17, 15) is 4.79 Å². The summed E-state index contributed by atoms with van der Waals surface area (Å²) in [7, 11) is 0. The van der Waals surface area contributed by atoms with E-state index in [4.69, 9.17) is 22.1 Å². The van der Waals surface area contributed by atoms with Gasteiger partial charge >= 0.3 is 0 Å². The Morgan fingerprint density at radius 3 is 2.78 bits per heavy atom. The zero-order valence-electron chi connectivity index (χ0n) is 10.1. The second-order valence-corrected chi connectivity index (χ2v) is 4.98. The zero-order valence-corrected chi connectivity index (χ0v) is 10.9. The molecule has 3 N–H and O–H groups in total. The first-order chi connectivity index (χ1) is 8.65. The molecular weight excluding hydrogens is 252 g/mol. The minimum Gasteiger partial charge on any atom is -0.399 e. The van der Waals surface area contributed by atoms with E-state index in [-0.39, 0.29) is 5.91 Å². The first-order valence-electron chi connectivity index (χ1n) is 6.07. The summed E-state index contributed by atoms with van der Waals surface area (Å²) in [4.78, 5) is 11.9. The minimum atomic E-state index is -0.129. The van der Waals surface area contributed by atoms with Gasteiger partial charge in [-0.2, -0.15) is 0 Å². The molecule has 98 valence electrons. The van der Waals surface area contributed by atoms with E-state index in [0.29, 0.717) is 28.7 Å². The molecule has 1 aromatic carbocycles. The van der Waals surface area contributed by atoms with Crippen LogP contribution < -0.4 is 11.1 Å². The molecule has 0 radical (unpaired) electrons. The molecule has 1 fully saturated rings. The number of hydrogen-bond acceptors (Lipinski definition) is 3. The number of nitrogens with two attached hydrogens (primary N) is 1. The Hall–Kier alpha value is -1.26. The average Bonchev–Trinajstić information content (AvgIpc) is 2.36. The molecule has 0 saturated carbocycles. The van der Waals surface area contributed by atoms with Crippen molar-refractivity contribution in [1.82, 2.24) is 5.32 Å². The molecule has 0 bridgehead atoms. The van der Waals surface area contributed by atoms with Crippen LogP contribution in [0.15, 0.2) is 18.2 Å². The zero-order chi connectivity index (χ0) is 13.0. The van der Waals surface area contributed by atoms with E-state index in [0.717, 1.165) is 26.1 Å². The number of rotatable bonds is 3. The summed E-state index contributed by atoms with van der Waals surface area (Å²) in [6.45, 7) is 2.24. The minimum absolute atomic E-state index is 0.129. The van der Waals surface area contributed by atoms with Crippen molar-refractivity contribution in [3.05, 3.63) is 28.8 Å². The number of carbonyl (C=O) groups excluding carboxylic acids is 1. The number of ether oxygens (including phenoxy) is 1. The van der Waals surface area contributed by atoms with Crippen LogP contribution in [0.5, 0.6) is 0 Å². The molecule has 1 amide bonds. The van der Waals surface area contributed by atoms with Crippen molar-refractivity contribution in [3.63, 3.8) is 0 Å². The van der Waals surface area contributed by atoms with Crippen LogP contribution in [-0.2, 0) is 4.74 Å². The van der Waals surface area contributed by atoms with Crippen molar-refractivity contribution in [2.45, 2.75) is 12.8 Å². The van der Waals surface area contributed by atoms with Crippen molar-refractivity contribution in [1.29, 1.82) is 0 Å². The standard InChI is InChI=1S/C13H17ClN2O2/c14-11-5-10(6-12(15)7-11)13(17)16-8-9-1-3-18-4-2-9/h5-7,9H,1-4,8,15H2,(H,16,17). The summed E-state index contributed by atoms with van der Waals surface area (Å²) in [5.74, 6) is 0.370. The molecule has 18 heavy (non-hydrogen) atoms. The van der Waals surface area contributed by atoms with E-state index >= 15 is 0 Å². The molecule has 0 unspecified atom stereocenters. The molecule has 1 aromatic rings. The molecule has 1 saturated heterocycles. The first kappa shape index (κ1) is 13.2. The lowest BCUT2D eigenvalue weighted by molar-refractivity contribution is 0.0642. The van der Waals surface area contributed by atoms with Gasteiger partial charge in [0.25, 0.3) is 5.91 Å². The quantitative estimate of drug-likeness (QED) is 0.825. The van der Waals surface area contributed by atoms with Gasteiger partial charge < -0.3 is 15.8 Å². The summed E-state index contributed by atoms with van der Waals surface area (Å²) in [6.07, 6.45) is 2.00. The summed E-state index contributed by atoms with van der Waals surface area (Å²) in [6, 6.07) is 4.87. The Bertz CT molecular complexity index is 411. The maximum absolute atomic E-state index is 11.9. The maximum Gasteiger partial charge on any atom is 0.251 e. The second kappa shape index (κ2) is 6.07. The summed E-state index contributed by atoms with van der Waals surface area (Å²) >= 11 is 5.87. The average molecular weight is 269 g/mol. The number of hydrogen-bond donors (Lipinski definition) is 2. The van der Waals surface area contributed by atoms with Gasteiger partial charge in [0, 0.05) is 36.0 Å². The third-order valence-electron chi connectivity index (χ3n) is 3.07. The smallest absolute Gasteiger partial charge is 0.251 e. The monoisotopic (exact) mass is 268 g/mol. The second-order valence-electron chi connectivity index (χ2n) is 4.54. The van der Waals surface area contributed by atoms with E-state index in [1.165, 1.54) is 0 Å². The van der Waals surface area contributed by atoms with Crippen molar-refractivity contribution < 1.29 is 9.53 Å². The number of nitrogens with one attached hydrogen (secondary N) is 1. The van der Waals surface area contributed by atoms with Crippen LogP contribution in [0.1, 0.15) is 23.2 Å². The van der Waals surface area contributed by atoms with E-state index in [1.54, 1.807) is 18.2 Å². The number of benzene rings is 1. The normalized spacial score (nSPS) is 16.5. The molecule has 4 nitrogen and oxygen atoms in total. The van der Waals surface area contributed by atoms with Crippen molar-refractivity contribution in [2.24, 2.45) is 5.92 Å². The Morgan fingerprint density at radius 2 is 2.11 bits per heavy atom. The lowest BCUT2D eigenvalue weighted by Crippen LogP contribution is -2.32. The Kier molecular flexibility index (Phi) is 4.44. The van der Waals surface area contributed by atoms with Crippen LogP contribution >= 0.6 is 11.6 Å². The molecule has 5 heteroatoms. The number of nitrogen functional groups attached to an aromatic ring is 1. The van der Waals surface area contributed by atoms with Gasteiger partial charge in [0.05, 0.1) is 0 Å². The summed E-state index contributed by atoms with van der Waals surface area (Å²) in [5.41, 5.74) is 6.66. The molecule has 1 aliphatic heterocycles. The predicted molar refractivity (Wildman–Crippen MR) is 71.7 cm³/mol. The molecule has 0 spiro atoms. The summed E-state index contributed by atoms with van der Waals surface area (Å²) in [5, 5.41) is 3.39. The third-order valence-corrected chi connectivity index (χ3v) is 3.29. The van der Waals surface area contributed by atoms with Crippen LogP contribution in [0, 0.1) is 5.92 Å². The van der Waals surface area contributed by atoms with Crippen molar-refractivity contribution in [3.8, 4) is 0 Å². The lowest BCUT2D eigenvalue weighted by atomic mass is 10.0. The number of halogens is 1. The Labute approximate surface area is 111 Å². The van der Waals surface area contributed by atoms with Crippen LogP contribution in [0.25, 0.3) is 0 Å². The van der Waals surface area contributed by atoms with Crippen molar-refractivity contribution >= 4 is 23.2 Å². The lowest BCUT2D eigenvalue weighted by Gasteiger charge is -2.22. The van der Waals surface area contributed by atoms with Gasteiger partial charge in [0.15, 0.2) is 0 Å². The van der Waals surface area contributed by atoms with Crippen LogP contribution in [0.2, 0.25) is 5.02 Å². The fourth-order valence-electron chi connectivity index (χ4n) is 2.03. The largest absolute Gasteiger partial charge is 0.399 e. The number of carbonyl (C=O) groups is 1. The Morgan fingerprint density at radius 1 is 1.39 bits per heavy atom. The summed E-state index contributed by atoms with van der Waals surface area (Å²) < 4.78 is 5.28. The fourth-order valence-corrected chi connectivity index (χ4v) is 2.28. The maximum atomic E-state index is 11.9.